The van der Waals surface area contributed by atoms with E-state index in [-0.39, 0.29) is 19.3 Å². The number of urea groups is 1. The van der Waals surface area contributed by atoms with E-state index >= 15 is 0 Å². The molecule has 0 atom stereocenters. The quantitative estimate of drug-likeness (QED) is 0.723. The summed E-state index contributed by atoms with van der Waals surface area (Å²) in [7, 11) is 1.50. The normalized spacial score (nSPS) is 9.81. The molecular formula is C13H15BrN2O5. The first-order valence-corrected chi connectivity index (χ1v) is 6.87. The van der Waals surface area contributed by atoms with E-state index in [0.29, 0.717) is 15.9 Å². The summed E-state index contributed by atoms with van der Waals surface area (Å²) >= 11 is 3.27. The number of carbonyl (C=O) groups excluding carboxylic acids is 2. The maximum Gasteiger partial charge on any atom is 0.325 e. The lowest BCUT2D eigenvalue weighted by molar-refractivity contribution is -0.137. The van der Waals surface area contributed by atoms with Crippen LogP contribution in [0.15, 0.2) is 22.7 Å². The van der Waals surface area contributed by atoms with Crippen molar-refractivity contribution in [3.05, 3.63) is 22.7 Å². The fourth-order valence-electron chi connectivity index (χ4n) is 1.50. The number of ether oxygens (including phenoxy) is 1. The van der Waals surface area contributed by atoms with Crippen LogP contribution in [0.4, 0.5) is 10.5 Å². The Balaban J connectivity index is 2.48. The summed E-state index contributed by atoms with van der Waals surface area (Å²) in [5.74, 6) is -0.961. The summed E-state index contributed by atoms with van der Waals surface area (Å²) in [5.41, 5.74) is 0.456. The summed E-state index contributed by atoms with van der Waals surface area (Å²) in [4.78, 5) is 33.3. The lowest BCUT2D eigenvalue weighted by Crippen LogP contribution is -2.34. The van der Waals surface area contributed by atoms with Crippen LogP contribution in [-0.4, -0.2) is 30.1 Å². The van der Waals surface area contributed by atoms with E-state index in [4.69, 9.17) is 9.84 Å². The number of hydrogen-bond acceptors (Lipinski definition) is 4. The Bertz CT molecular complexity index is 547. The minimum atomic E-state index is -0.978. The highest BCUT2D eigenvalue weighted by atomic mass is 79.9. The van der Waals surface area contributed by atoms with Crippen LogP contribution in [0.3, 0.4) is 0 Å². The Kier molecular flexibility index (Phi) is 6.67. The number of anilines is 1. The van der Waals surface area contributed by atoms with E-state index < -0.39 is 17.9 Å². The van der Waals surface area contributed by atoms with Gasteiger partial charge in [0.05, 0.1) is 7.11 Å². The third-order valence-electron chi connectivity index (χ3n) is 2.41. The predicted molar refractivity (Wildman–Crippen MR) is 79.3 cm³/mol. The molecule has 1 aromatic carbocycles. The first-order valence-electron chi connectivity index (χ1n) is 6.08. The highest BCUT2D eigenvalue weighted by Gasteiger charge is 2.09. The van der Waals surface area contributed by atoms with Crippen LogP contribution in [0.1, 0.15) is 19.3 Å². The fraction of sp³-hybridized carbons (Fsp3) is 0.308. The monoisotopic (exact) mass is 358 g/mol. The predicted octanol–water partition coefficient (Wildman–Crippen LogP) is 2.36. The van der Waals surface area contributed by atoms with Crippen molar-refractivity contribution in [3.8, 4) is 5.75 Å². The summed E-state index contributed by atoms with van der Waals surface area (Å²) in [6, 6.07) is 4.28. The molecule has 0 heterocycles. The number of carboxylic acids is 1. The van der Waals surface area contributed by atoms with Gasteiger partial charge in [-0.15, -0.1) is 0 Å². The Hall–Kier alpha value is -2.09. The van der Waals surface area contributed by atoms with Crippen molar-refractivity contribution in [2.75, 3.05) is 12.4 Å². The Morgan fingerprint density at radius 3 is 2.57 bits per heavy atom. The zero-order valence-electron chi connectivity index (χ0n) is 11.3. The largest absolute Gasteiger partial charge is 0.497 e. The summed E-state index contributed by atoms with van der Waals surface area (Å²) < 4.78 is 5.76. The molecule has 0 unspecified atom stereocenters. The van der Waals surface area contributed by atoms with Crippen LogP contribution in [0, 0.1) is 0 Å². The van der Waals surface area contributed by atoms with E-state index in [1.165, 1.54) is 7.11 Å². The highest BCUT2D eigenvalue weighted by Crippen LogP contribution is 2.24. The molecule has 0 spiro atoms. The molecule has 114 valence electrons. The van der Waals surface area contributed by atoms with Crippen molar-refractivity contribution in [2.24, 2.45) is 0 Å². The van der Waals surface area contributed by atoms with Gasteiger partial charge in [0.25, 0.3) is 0 Å². The molecule has 0 bridgehead atoms. The zero-order valence-corrected chi connectivity index (χ0v) is 12.9. The number of hydrogen-bond donors (Lipinski definition) is 3. The first-order chi connectivity index (χ1) is 9.90. The topological polar surface area (TPSA) is 105 Å². The minimum absolute atomic E-state index is 0.0263. The maximum atomic E-state index is 11.6. The lowest BCUT2D eigenvalue weighted by atomic mass is 10.2. The van der Waals surface area contributed by atoms with E-state index in [2.05, 4.69) is 26.6 Å². The SMILES string of the molecule is COc1cc(Br)cc(NC(=O)NC(=O)CCCC(=O)O)c1. The third kappa shape index (κ3) is 6.75. The molecule has 3 N–H and O–H groups in total. The van der Waals surface area contributed by atoms with Crippen LogP contribution in [0.2, 0.25) is 0 Å². The number of carboxylic acid groups (broad SMARTS) is 1. The highest BCUT2D eigenvalue weighted by molar-refractivity contribution is 9.10. The van der Waals surface area contributed by atoms with E-state index in [1.54, 1.807) is 18.2 Å². The number of imide groups is 1. The number of halogens is 1. The molecule has 3 amide bonds. The molecule has 7 nitrogen and oxygen atoms in total. The maximum absolute atomic E-state index is 11.6. The van der Waals surface area contributed by atoms with Gasteiger partial charge in [0.15, 0.2) is 0 Å². The van der Waals surface area contributed by atoms with Gasteiger partial charge in [-0.25, -0.2) is 4.79 Å². The fourth-order valence-corrected chi connectivity index (χ4v) is 1.98. The van der Waals surface area contributed by atoms with Gasteiger partial charge in [-0.2, -0.15) is 0 Å². The molecular weight excluding hydrogens is 344 g/mol. The number of methoxy groups -OCH3 is 1. The molecule has 21 heavy (non-hydrogen) atoms. The Morgan fingerprint density at radius 1 is 1.24 bits per heavy atom. The molecule has 0 aliphatic heterocycles. The average Bonchev–Trinajstić information content (AvgIpc) is 2.36. The summed E-state index contributed by atoms with van der Waals surface area (Å²) in [5, 5.41) is 13.1. The molecule has 1 rings (SSSR count). The standard InChI is InChI=1S/C13H15BrN2O5/c1-21-10-6-8(14)5-9(7-10)15-13(20)16-11(17)3-2-4-12(18)19/h5-7H,2-4H2,1H3,(H,18,19)(H2,15,16,17,20). The first kappa shape index (κ1) is 17.0. The molecule has 0 saturated heterocycles. The molecule has 0 fully saturated rings. The molecule has 0 aliphatic carbocycles. The van der Waals surface area contributed by atoms with Crippen molar-refractivity contribution >= 4 is 39.5 Å². The zero-order chi connectivity index (χ0) is 15.8. The van der Waals surface area contributed by atoms with Gasteiger partial charge in [-0.3, -0.25) is 14.9 Å². The molecule has 1 aromatic rings. The van der Waals surface area contributed by atoms with Crippen molar-refractivity contribution in [1.29, 1.82) is 0 Å². The van der Waals surface area contributed by atoms with Crippen LogP contribution in [-0.2, 0) is 9.59 Å². The van der Waals surface area contributed by atoms with Gasteiger partial charge < -0.3 is 15.2 Å². The Morgan fingerprint density at radius 2 is 1.95 bits per heavy atom. The number of benzene rings is 1. The molecule has 0 saturated carbocycles. The molecule has 8 heteroatoms. The van der Waals surface area contributed by atoms with Crippen molar-refractivity contribution in [3.63, 3.8) is 0 Å². The van der Waals surface area contributed by atoms with Crippen LogP contribution < -0.4 is 15.4 Å². The smallest absolute Gasteiger partial charge is 0.325 e. The average molecular weight is 359 g/mol. The van der Waals surface area contributed by atoms with Gasteiger partial charge in [-0.05, 0) is 18.6 Å². The van der Waals surface area contributed by atoms with E-state index in [9.17, 15) is 14.4 Å². The Labute approximate surface area is 129 Å². The summed E-state index contributed by atoms with van der Waals surface area (Å²) in [6.45, 7) is 0. The number of rotatable bonds is 6. The van der Waals surface area contributed by atoms with E-state index in [1.807, 2.05) is 0 Å². The van der Waals surface area contributed by atoms with Crippen molar-refractivity contribution in [2.45, 2.75) is 19.3 Å². The summed E-state index contributed by atoms with van der Waals surface area (Å²) in [6.07, 6.45) is 0.0402. The van der Waals surface area contributed by atoms with Crippen LogP contribution >= 0.6 is 15.9 Å². The molecule has 0 aromatic heterocycles. The van der Waals surface area contributed by atoms with Gasteiger partial charge in [0, 0.05) is 29.1 Å². The number of aliphatic carboxylic acids is 1. The third-order valence-corrected chi connectivity index (χ3v) is 2.87. The molecule has 0 radical (unpaired) electrons. The van der Waals surface area contributed by atoms with Gasteiger partial charge in [-0.1, -0.05) is 15.9 Å². The number of amides is 3. The van der Waals surface area contributed by atoms with Gasteiger partial charge in [0.2, 0.25) is 5.91 Å². The molecule has 0 aliphatic rings. The van der Waals surface area contributed by atoms with Gasteiger partial charge in [0.1, 0.15) is 5.75 Å². The lowest BCUT2D eigenvalue weighted by Gasteiger charge is -2.08. The second-order valence-electron chi connectivity index (χ2n) is 4.13. The van der Waals surface area contributed by atoms with E-state index in [0.717, 1.165) is 0 Å². The minimum Gasteiger partial charge on any atom is -0.497 e. The van der Waals surface area contributed by atoms with Gasteiger partial charge >= 0.3 is 12.0 Å². The van der Waals surface area contributed by atoms with Crippen molar-refractivity contribution < 1.29 is 24.2 Å². The number of carbonyl (C=O) groups is 3. The second-order valence-corrected chi connectivity index (χ2v) is 5.05. The van der Waals surface area contributed by atoms with Crippen molar-refractivity contribution in [1.82, 2.24) is 5.32 Å². The van der Waals surface area contributed by atoms with Crippen LogP contribution in [0.25, 0.3) is 0 Å². The number of nitrogens with one attached hydrogen (secondary N) is 2. The van der Waals surface area contributed by atoms with Crippen LogP contribution in [0.5, 0.6) is 5.75 Å². The second kappa shape index (κ2) is 8.25.